The van der Waals surface area contributed by atoms with E-state index >= 15 is 0 Å². The van der Waals surface area contributed by atoms with Gasteiger partial charge in [0.25, 0.3) is 0 Å². The number of nitrogens with one attached hydrogen (secondary N) is 1. The van der Waals surface area contributed by atoms with Crippen molar-refractivity contribution in [1.82, 2.24) is 10.2 Å². The van der Waals surface area contributed by atoms with Gasteiger partial charge in [-0.1, -0.05) is 13.3 Å². The molecule has 0 aromatic rings. The highest BCUT2D eigenvalue weighted by Gasteiger charge is 2.35. The van der Waals surface area contributed by atoms with Crippen molar-refractivity contribution < 1.29 is 4.74 Å². The quantitative estimate of drug-likeness (QED) is 0.719. The van der Waals surface area contributed by atoms with Crippen LogP contribution in [0.15, 0.2) is 0 Å². The molecular weight excluding hydrogens is 224 g/mol. The maximum atomic E-state index is 5.78. The molecule has 2 aliphatic rings. The first-order valence-corrected chi connectivity index (χ1v) is 7.74. The largest absolute Gasteiger partial charge is 0.381 e. The van der Waals surface area contributed by atoms with Crippen molar-refractivity contribution in [2.75, 3.05) is 39.9 Å². The Hall–Kier alpha value is -0.120. The topological polar surface area (TPSA) is 24.5 Å². The Morgan fingerprint density at radius 3 is 2.83 bits per heavy atom. The molecule has 1 atom stereocenters. The van der Waals surface area contributed by atoms with Gasteiger partial charge >= 0.3 is 0 Å². The van der Waals surface area contributed by atoms with E-state index in [1.807, 2.05) is 0 Å². The van der Waals surface area contributed by atoms with Crippen molar-refractivity contribution in [2.45, 2.75) is 51.5 Å². The normalized spacial score (nSPS) is 28.8. The predicted molar refractivity (Wildman–Crippen MR) is 75.9 cm³/mol. The van der Waals surface area contributed by atoms with E-state index in [1.165, 1.54) is 51.6 Å². The average molecular weight is 254 g/mol. The molecule has 0 spiro atoms. The van der Waals surface area contributed by atoms with Gasteiger partial charge in [-0.3, -0.25) is 0 Å². The molecule has 106 valence electrons. The van der Waals surface area contributed by atoms with Gasteiger partial charge in [-0.05, 0) is 45.7 Å². The van der Waals surface area contributed by atoms with Crippen molar-refractivity contribution in [2.24, 2.45) is 5.41 Å². The molecule has 0 radical (unpaired) electrons. The summed E-state index contributed by atoms with van der Waals surface area (Å²) >= 11 is 0. The summed E-state index contributed by atoms with van der Waals surface area (Å²) in [7, 11) is 2.27. The fourth-order valence-corrected chi connectivity index (χ4v) is 2.96. The Morgan fingerprint density at radius 2 is 2.22 bits per heavy atom. The minimum absolute atomic E-state index is 0.364. The van der Waals surface area contributed by atoms with Crippen molar-refractivity contribution >= 4 is 0 Å². The monoisotopic (exact) mass is 254 g/mol. The molecule has 3 nitrogen and oxygen atoms in total. The summed E-state index contributed by atoms with van der Waals surface area (Å²) in [6.07, 6.45) is 7.90. The molecule has 1 aliphatic heterocycles. The first-order chi connectivity index (χ1) is 8.74. The average Bonchev–Trinajstić information content (AvgIpc) is 3.19. The van der Waals surface area contributed by atoms with E-state index in [9.17, 15) is 0 Å². The highest BCUT2D eigenvalue weighted by atomic mass is 16.5. The van der Waals surface area contributed by atoms with Gasteiger partial charge in [-0.15, -0.1) is 0 Å². The van der Waals surface area contributed by atoms with Crippen LogP contribution in [0.4, 0.5) is 0 Å². The molecule has 18 heavy (non-hydrogen) atoms. The van der Waals surface area contributed by atoms with Crippen molar-refractivity contribution in [3.05, 3.63) is 0 Å². The van der Waals surface area contributed by atoms with Gasteiger partial charge in [0.05, 0.1) is 6.61 Å². The van der Waals surface area contributed by atoms with Gasteiger partial charge < -0.3 is 15.0 Å². The molecule has 3 heteroatoms. The highest BCUT2D eigenvalue weighted by Crippen LogP contribution is 2.30. The number of rotatable bonds is 8. The lowest BCUT2D eigenvalue weighted by molar-refractivity contribution is -0.0229. The number of hydrogen-bond acceptors (Lipinski definition) is 3. The SMILES string of the molecule is CCCCN(C)CC1(CNC2CC2)CCCOC1. The van der Waals surface area contributed by atoms with E-state index in [0.717, 1.165) is 25.8 Å². The molecular formula is C15H30N2O. The summed E-state index contributed by atoms with van der Waals surface area (Å²) in [4.78, 5) is 2.51. The zero-order valence-electron chi connectivity index (χ0n) is 12.2. The summed E-state index contributed by atoms with van der Waals surface area (Å²) in [6.45, 7) is 7.73. The van der Waals surface area contributed by atoms with E-state index in [1.54, 1.807) is 0 Å². The van der Waals surface area contributed by atoms with Gasteiger partial charge in [0.2, 0.25) is 0 Å². The van der Waals surface area contributed by atoms with Crippen molar-refractivity contribution in [1.29, 1.82) is 0 Å². The van der Waals surface area contributed by atoms with Gasteiger partial charge in [0.15, 0.2) is 0 Å². The highest BCUT2D eigenvalue weighted by molar-refractivity contribution is 4.90. The van der Waals surface area contributed by atoms with Gasteiger partial charge in [-0.25, -0.2) is 0 Å². The van der Waals surface area contributed by atoms with Gasteiger partial charge in [-0.2, -0.15) is 0 Å². The molecule has 1 heterocycles. The fourth-order valence-electron chi connectivity index (χ4n) is 2.96. The van der Waals surface area contributed by atoms with Crippen LogP contribution in [0.25, 0.3) is 0 Å². The minimum Gasteiger partial charge on any atom is -0.381 e. The maximum absolute atomic E-state index is 5.78. The van der Waals surface area contributed by atoms with Gasteiger partial charge in [0, 0.05) is 31.2 Å². The second kappa shape index (κ2) is 6.88. The van der Waals surface area contributed by atoms with E-state index in [2.05, 4.69) is 24.2 Å². The zero-order valence-corrected chi connectivity index (χ0v) is 12.2. The van der Waals surface area contributed by atoms with Crippen LogP contribution in [0.2, 0.25) is 0 Å². The van der Waals surface area contributed by atoms with E-state index in [-0.39, 0.29) is 0 Å². The molecule has 0 amide bonds. The zero-order chi connectivity index (χ0) is 12.8. The van der Waals surface area contributed by atoms with Crippen LogP contribution in [-0.2, 0) is 4.74 Å². The Bertz CT molecular complexity index is 235. The fraction of sp³-hybridized carbons (Fsp3) is 1.00. The predicted octanol–water partition coefficient (Wildman–Crippen LogP) is 2.27. The van der Waals surface area contributed by atoms with Crippen LogP contribution < -0.4 is 5.32 Å². The van der Waals surface area contributed by atoms with E-state index in [4.69, 9.17) is 4.74 Å². The molecule has 0 aromatic heterocycles. The maximum Gasteiger partial charge on any atom is 0.0546 e. The third kappa shape index (κ3) is 4.52. The smallest absolute Gasteiger partial charge is 0.0546 e. The Kier molecular flexibility index (Phi) is 5.46. The van der Waals surface area contributed by atoms with E-state index < -0.39 is 0 Å². The Balaban J connectivity index is 1.81. The lowest BCUT2D eigenvalue weighted by Crippen LogP contribution is -2.48. The molecule has 1 unspecified atom stereocenters. The molecule has 2 rings (SSSR count). The van der Waals surface area contributed by atoms with Crippen molar-refractivity contribution in [3.63, 3.8) is 0 Å². The molecule has 0 aromatic carbocycles. The summed E-state index contributed by atoms with van der Waals surface area (Å²) < 4.78 is 5.78. The first-order valence-electron chi connectivity index (χ1n) is 7.74. The van der Waals surface area contributed by atoms with Gasteiger partial charge in [0.1, 0.15) is 0 Å². The summed E-state index contributed by atoms with van der Waals surface area (Å²) in [5.41, 5.74) is 0.364. The molecule has 1 saturated heterocycles. The van der Waals surface area contributed by atoms with Crippen LogP contribution in [-0.4, -0.2) is 50.8 Å². The molecule has 1 aliphatic carbocycles. The third-order valence-electron chi connectivity index (χ3n) is 4.25. The molecule has 0 bridgehead atoms. The lowest BCUT2D eigenvalue weighted by Gasteiger charge is -2.40. The van der Waals surface area contributed by atoms with Crippen LogP contribution >= 0.6 is 0 Å². The number of unbranched alkanes of at least 4 members (excludes halogenated alkanes) is 1. The summed E-state index contributed by atoms with van der Waals surface area (Å²) in [6, 6.07) is 0.810. The van der Waals surface area contributed by atoms with E-state index in [0.29, 0.717) is 5.41 Å². The Morgan fingerprint density at radius 1 is 1.39 bits per heavy atom. The lowest BCUT2D eigenvalue weighted by atomic mass is 9.81. The molecule has 2 fully saturated rings. The minimum atomic E-state index is 0.364. The second-order valence-electron chi connectivity index (χ2n) is 6.40. The molecule has 1 saturated carbocycles. The Labute approximate surface area is 112 Å². The number of ether oxygens (including phenoxy) is 1. The summed E-state index contributed by atoms with van der Waals surface area (Å²) in [5.74, 6) is 0. The summed E-state index contributed by atoms with van der Waals surface area (Å²) in [5, 5.41) is 3.72. The van der Waals surface area contributed by atoms with Crippen LogP contribution in [0.1, 0.15) is 45.4 Å². The second-order valence-corrected chi connectivity index (χ2v) is 6.40. The molecule has 1 N–H and O–H groups in total. The van der Waals surface area contributed by atoms with Crippen LogP contribution in [0.3, 0.4) is 0 Å². The van der Waals surface area contributed by atoms with Crippen molar-refractivity contribution in [3.8, 4) is 0 Å². The first kappa shape index (κ1) is 14.3. The number of hydrogen-bond donors (Lipinski definition) is 1. The van der Waals surface area contributed by atoms with Crippen LogP contribution in [0.5, 0.6) is 0 Å². The van der Waals surface area contributed by atoms with Crippen LogP contribution in [0, 0.1) is 5.41 Å². The number of nitrogens with zero attached hydrogens (tertiary/aromatic N) is 1. The third-order valence-corrected chi connectivity index (χ3v) is 4.25. The standard InChI is InChI=1S/C15H30N2O/c1-3-4-9-17(2)12-15(8-5-10-18-13-15)11-16-14-6-7-14/h14,16H,3-13H2,1-2H3.